The van der Waals surface area contributed by atoms with Crippen LogP contribution < -0.4 is 10.2 Å². The van der Waals surface area contributed by atoms with Crippen molar-refractivity contribution in [3.05, 3.63) is 23.8 Å². The lowest BCUT2D eigenvalue weighted by molar-refractivity contribution is 0.727. The van der Waals surface area contributed by atoms with E-state index in [0.717, 1.165) is 19.5 Å². The van der Waals surface area contributed by atoms with Gasteiger partial charge in [0.2, 0.25) is 0 Å². The van der Waals surface area contributed by atoms with E-state index >= 15 is 0 Å². The molecule has 1 heterocycles. The molecule has 0 unspecified atom stereocenters. The lowest BCUT2D eigenvalue weighted by atomic mass is 10.1. The zero-order valence-electron chi connectivity index (χ0n) is 10.1. The third kappa shape index (κ3) is 2.36. The number of para-hydroxylation sites is 1. The lowest BCUT2D eigenvalue weighted by Gasteiger charge is -2.32. The fourth-order valence-electron chi connectivity index (χ4n) is 2.18. The van der Waals surface area contributed by atoms with Crippen molar-refractivity contribution in [2.45, 2.75) is 18.2 Å². The van der Waals surface area contributed by atoms with Crippen LogP contribution in [0.5, 0.6) is 0 Å². The Bertz CT molecular complexity index is 338. The summed E-state index contributed by atoms with van der Waals surface area (Å²) in [6.45, 7) is 5.59. The van der Waals surface area contributed by atoms with Gasteiger partial charge in [0, 0.05) is 30.3 Å². The number of fused-ring (bicyclic) bond motifs is 1. The largest absolute Gasteiger partial charge is 0.368 e. The quantitative estimate of drug-likeness (QED) is 0.864. The molecule has 2 nitrogen and oxygen atoms in total. The van der Waals surface area contributed by atoms with Crippen molar-refractivity contribution in [2.24, 2.45) is 0 Å². The van der Waals surface area contributed by atoms with Crippen LogP contribution in [0.15, 0.2) is 23.1 Å². The van der Waals surface area contributed by atoms with Crippen molar-refractivity contribution in [3.8, 4) is 0 Å². The molecule has 1 aromatic rings. The minimum absolute atomic E-state index is 1.06. The first-order chi connectivity index (χ1) is 7.86. The Morgan fingerprint density at radius 1 is 1.44 bits per heavy atom. The SMILES string of the molecule is CCc1cccc2c1N(CCNC)CCS2. The van der Waals surface area contributed by atoms with Crippen LogP contribution in [-0.4, -0.2) is 32.4 Å². The van der Waals surface area contributed by atoms with Crippen LogP contribution in [0, 0.1) is 0 Å². The highest BCUT2D eigenvalue weighted by molar-refractivity contribution is 7.99. The van der Waals surface area contributed by atoms with Crippen molar-refractivity contribution in [1.29, 1.82) is 0 Å². The molecule has 1 aliphatic heterocycles. The molecule has 1 aliphatic rings. The van der Waals surface area contributed by atoms with Crippen molar-refractivity contribution in [3.63, 3.8) is 0 Å². The van der Waals surface area contributed by atoms with Gasteiger partial charge in [-0.3, -0.25) is 0 Å². The number of aryl methyl sites for hydroxylation is 1. The highest BCUT2D eigenvalue weighted by atomic mass is 32.2. The fourth-order valence-corrected chi connectivity index (χ4v) is 3.28. The molecule has 0 saturated heterocycles. The van der Waals surface area contributed by atoms with Crippen LogP contribution in [0.1, 0.15) is 12.5 Å². The number of anilines is 1. The van der Waals surface area contributed by atoms with Gasteiger partial charge in [-0.15, -0.1) is 11.8 Å². The van der Waals surface area contributed by atoms with Crippen molar-refractivity contribution in [2.75, 3.05) is 37.3 Å². The van der Waals surface area contributed by atoms with E-state index in [2.05, 4.69) is 35.3 Å². The number of thioether (sulfide) groups is 1. The Morgan fingerprint density at radius 3 is 3.06 bits per heavy atom. The van der Waals surface area contributed by atoms with Gasteiger partial charge in [0.05, 0.1) is 5.69 Å². The second kappa shape index (κ2) is 5.60. The summed E-state index contributed by atoms with van der Waals surface area (Å²) in [5.41, 5.74) is 2.97. The van der Waals surface area contributed by atoms with E-state index in [4.69, 9.17) is 0 Å². The molecule has 1 aromatic carbocycles. The van der Waals surface area contributed by atoms with E-state index in [1.165, 1.54) is 28.4 Å². The summed E-state index contributed by atoms with van der Waals surface area (Å²) in [6.07, 6.45) is 1.12. The van der Waals surface area contributed by atoms with Gasteiger partial charge >= 0.3 is 0 Å². The normalized spacial score (nSPS) is 15.0. The molecule has 0 saturated carbocycles. The summed E-state index contributed by atoms with van der Waals surface area (Å²) >= 11 is 1.99. The molecule has 0 fully saturated rings. The van der Waals surface area contributed by atoms with Crippen LogP contribution in [-0.2, 0) is 6.42 Å². The summed E-state index contributed by atoms with van der Waals surface area (Å²) in [7, 11) is 2.02. The van der Waals surface area contributed by atoms with Gasteiger partial charge < -0.3 is 10.2 Å². The molecule has 2 rings (SSSR count). The van der Waals surface area contributed by atoms with E-state index in [9.17, 15) is 0 Å². The van der Waals surface area contributed by atoms with E-state index in [1.54, 1.807) is 0 Å². The molecule has 0 atom stereocenters. The Morgan fingerprint density at radius 2 is 2.31 bits per heavy atom. The molecular weight excluding hydrogens is 216 g/mol. The molecule has 0 spiro atoms. The first-order valence-corrected chi connectivity index (χ1v) is 6.99. The van der Waals surface area contributed by atoms with Crippen LogP contribution >= 0.6 is 11.8 Å². The Kier molecular flexibility index (Phi) is 4.13. The molecule has 1 N–H and O–H groups in total. The summed E-state index contributed by atoms with van der Waals surface area (Å²) in [6, 6.07) is 6.70. The predicted molar refractivity (Wildman–Crippen MR) is 72.7 cm³/mol. The molecular formula is C13H20N2S. The first kappa shape index (κ1) is 11.8. The Balaban J connectivity index is 2.27. The first-order valence-electron chi connectivity index (χ1n) is 6.01. The fraction of sp³-hybridized carbons (Fsp3) is 0.538. The third-order valence-electron chi connectivity index (χ3n) is 3.03. The number of nitrogens with zero attached hydrogens (tertiary/aromatic N) is 1. The summed E-state index contributed by atoms with van der Waals surface area (Å²) in [5.74, 6) is 1.21. The number of likely N-dealkylation sites (N-methyl/N-ethyl adjacent to an activating group) is 1. The van der Waals surface area contributed by atoms with Gasteiger partial charge in [-0.25, -0.2) is 0 Å². The van der Waals surface area contributed by atoms with Crippen LogP contribution in [0.4, 0.5) is 5.69 Å². The molecule has 0 radical (unpaired) electrons. The minimum Gasteiger partial charge on any atom is -0.368 e. The summed E-state index contributed by atoms with van der Waals surface area (Å²) < 4.78 is 0. The van der Waals surface area contributed by atoms with Gasteiger partial charge in [0.1, 0.15) is 0 Å². The third-order valence-corrected chi connectivity index (χ3v) is 4.06. The monoisotopic (exact) mass is 236 g/mol. The number of rotatable bonds is 4. The van der Waals surface area contributed by atoms with Gasteiger partial charge in [-0.1, -0.05) is 19.1 Å². The molecule has 0 aromatic heterocycles. The van der Waals surface area contributed by atoms with Crippen LogP contribution in [0.3, 0.4) is 0 Å². The van der Waals surface area contributed by atoms with Crippen LogP contribution in [0.25, 0.3) is 0 Å². The Hall–Kier alpha value is -0.670. The highest BCUT2D eigenvalue weighted by Crippen LogP contribution is 2.37. The molecule has 3 heteroatoms. The predicted octanol–water partition coefficient (Wildman–Crippen LogP) is 2.38. The smallest absolute Gasteiger partial charge is 0.0537 e. The van der Waals surface area contributed by atoms with E-state index in [0.29, 0.717) is 0 Å². The van der Waals surface area contributed by atoms with Gasteiger partial charge in [-0.05, 0) is 25.1 Å². The minimum atomic E-state index is 1.06. The molecule has 0 amide bonds. The molecule has 88 valence electrons. The van der Waals surface area contributed by atoms with Crippen molar-refractivity contribution >= 4 is 17.4 Å². The second-order valence-corrected chi connectivity index (χ2v) is 5.19. The zero-order chi connectivity index (χ0) is 11.4. The number of hydrogen-bond donors (Lipinski definition) is 1. The maximum absolute atomic E-state index is 3.23. The average Bonchev–Trinajstić information content (AvgIpc) is 2.35. The maximum Gasteiger partial charge on any atom is 0.0537 e. The zero-order valence-corrected chi connectivity index (χ0v) is 10.9. The van der Waals surface area contributed by atoms with Crippen molar-refractivity contribution in [1.82, 2.24) is 5.32 Å². The average molecular weight is 236 g/mol. The van der Waals surface area contributed by atoms with Gasteiger partial charge in [-0.2, -0.15) is 0 Å². The van der Waals surface area contributed by atoms with Crippen molar-refractivity contribution < 1.29 is 0 Å². The maximum atomic E-state index is 3.23. The summed E-state index contributed by atoms with van der Waals surface area (Å²) in [5, 5.41) is 3.23. The number of benzene rings is 1. The molecule has 0 aliphatic carbocycles. The molecule has 0 bridgehead atoms. The van der Waals surface area contributed by atoms with Crippen LogP contribution in [0.2, 0.25) is 0 Å². The van der Waals surface area contributed by atoms with E-state index in [1.807, 2.05) is 18.8 Å². The Labute approximate surface area is 102 Å². The molecule has 16 heavy (non-hydrogen) atoms. The van der Waals surface area contributed by atoms with Gasteiger partial charge in [0.25, 0.3) is 0 Å². The topological polar surface area (TPSA) is 15.3 Å². The van der Waals surface area contributed by atoms with E-state index < -0.39 is 0 Å². The highest BCUT2D eigenvalue weighted by Gasteiger charge is 2.19. The number of nitrogens with one attached hydrogen (secondary N) is 1. The lowest BCUT2D eigenvalue weighted by Crippen LogP contribution is -2.35. The number of hydrogen-bond acceptors (Lipinski definition) is 3. The van der Waals surface area contributed by atoms with E-state index in [-0.39, 0.29) is 0 Å². The van der Waals surface area contributed by atoms with Gasteiger partial charge in [0.15, 0.2) is 0 Å². The summed E-state index contributed by atoms with van der Waals surface area (Å²) in [4.78, 5) is 3.99. The second-order valence-electron chi connectivity index (χ2n) is 4.06. The standard InChI is InChI=1S/C13H20N2S/c1-3-11-5-4-6-12-13(11)15(8-7-14-2)9-10-16-12/h4-6,14H,3,7-10H2,1-2H3.